The molecular formula is C29H23NO. The monoisotopic (exact) mass is 401 g/mol. The number of fused-ring (bicyclic) bond motifs is 1. The van der Waals surface area contributed by atoms with Crippen molar-refractivity contribution in [3.05, 3.63) is 138 Å². The van der Waals surface area contributed by atoms with E-state index in [1.165, 1.54) is 0 Å². The first-order valence-corrected chi connectivity index (χ1v) is 10.5. The summed E-state index contributed by atoms with van der Waals surface area (Å²) in [6, 6.07) is 42.7. The third-order valence-electron chi connectivity index (χ3n) is 5.71. The second-order valence-electron chi connectivity index (χ2n) is 7.62. The molecule has 31 heavy (non-hydrogen) atoms. The van der Waals surface area contributed by atoms with E-state index in [2.05, 4.69) is 91.7 Å². The summed E-state index contributed by atoms with van der Waals surface area (Å²) in [7, 11) is 0. The fourth-order valence-electron chi connectivity index (χ4n) is 4.31. The molecule has 0 radical (unpaired) electrons. The Kier molecular flexibility index (Phi) is 5.04. The highest BCUT2D eigenvalue weighted by molar-refractivity contribution is 5.67. The lowest BCUT2D eigenvalue weighted by atomic mass is 9.78. The van der Waals surface area contributed by atoms with Gasteiger partial charge in [0.2, 0.25) is 0 Å². The van der Waals surface area contributed by atoms with Crippen molar-refractivity contribution in [3.63, 3.8) is 0 Å². The molecule has 4 aromatic carbocycles. The van der Waals surface area contributed by atoms with Crippen molar-refractivity contribution in [1.82, 2.24) is 0 Å². The van der Waals surface area contributed by atoms with E-state index < -0.39 is 5.60 Å². The molecule has 0 saturated carbocycles. The van der Waals surface area contributed by atoms with E-state index in [4.69, 9.17) is 4.74 Å². The van der Waals surface area contributed by atoms with Crippen molar-refractivity contribution in [2.45, 2.75) is 18.8 Å². The molecule has 0 bridgehead atoms. The van der Waals surface area contributed by atoms with E-state index in [9.17, 15) is 0 Å². The number of hydrogen-bond acceptors (Lipinski definition) is 2. The first-order valence-electron chi connectivity index (χ1n) is 10.5. The largest absolute Gasteiger partial charge is 0.337 e. The molecule has 1 heterocycles. The minimum atomic E-state index is -0.705. The Labute approximate surface area is 183 Å². The fourth-order valence-corrected chi connectivity index (χ4v) is 4.31. The minimum Gasteiger partial charge on any atom is -0.337 e. The summed E-state index contributed by atoms with van der Waals surface area (Å²) in [4.78, 5) is 2.03. The Balaban J connectivity index is 1.72. The maximum atomic E-state index is 6.90. The molecule has 0 fully saturated rings. The zero-order chi connectivity index (χ0) is 21.1. The van der Waals surface area contributed by atoms with Crippen LogP contribution in [0.15, 0.2) is 115 Å². The van der Waals surface area contributed by atoms with Crippen LogP contribution < -0.4 is 4.90 Å². The maximum absolute atomic E-state index is 6.90. The summed E-state index contributed by atoms with van der Waals surface area (Å²) in [5, 5.41) is 0. The molecule has 0 spiro atoms. The van der Waals surface area contributed by atoms with E-state index >= 15 is 0 Å². The van der Waals surface area contributed by atoms with Crippen molar-refractivity contribution in [2.24, 2.45) is 0 Å². The highest BCUT2D eigenvalue weighted by Crippen LogP contribution is 2.48. The second kappa shape index (κ2) is 8.14. The fraction of sp³-hybridized carbons (Fsp3) is 0.103. The molecule has 0 aromatic heterocycles. The lowest BCUT2D eigenvalue weighted by Crippen LogP contribution is -2.47. The van der Waals surface area contributed by atoms with E-state index in [1.807, 2.05) is 47.4 Å². The number of rotatable bonds is 2. The normalized spacial score (nSPS) is 16.7. The first kappa shape index (κ1) is 19.2. The van der Waals surface area contributed by atoms with E-state index in [-0.39, 0.29) is 6.23 Å². The van der Waals surface area contributed by atoms with Crippen LogP contribution in [0.1, 0.15) is 29.2 Å². The zero-order valence-corrected chi connectivity index (χ0v) is 17.4. The number of benzene rings is 4. The van der Waals surface area contributed by atoms with Gasteiger partial charge in [0, 0.05) is 17.2 Å². The molecule has 5 rings (SSSR count). The van der Waals surface area contributed by atoms with Crippen LogP contribution in [0, 0.1) is 12.0 Å². The Morgan fingerprint density at radius 3 is 1.81 bits per heavy atom. The van der Waals surface area contributed by atoms with Crippen molar-refractivity contribution in [1.29, 1.82) is 0 Å². The third kappa shape index (κ3) is 3.40. The Bertz CT molecular complexity index is 1180. The molecular weight excluding hydrogens is 378 g/mol. The Morgan fingerprint density at radius 2 is 1.19 bits per heavy atom. The number of anilines is 1. The number of nitrogens with zero attached hydrogens (tertiary/aromatic N) is 1. The topological polar surface area (TPSA) is 12.5 Å². The molecule has 0 saturated heterocycles. The third-order valence-corrected chi connectivity index (χ3v) is 5.71. The molecule has 2 heteroatoms. The standard InChI is InChI=1S/C29H23NO/c1-23-30(22-21-24-13-5-2-6-14-24)28-20-12-11-19-27(28)29(31-23,25-15-7-3-8-16-25)26-17-9-4-10-18-26/h2-20,23H,1H3. The molecule has 1 atom stereocenters. The molecule has 1 unspecified atom stereocenters. The summed E-state index contributed by atoms with van der Waals surface area (Å²) in [5.74, 6) is 3.29. The lowest BCUT2D eigenvalue weighted by Gasteiger charge is -2.46. The number of ether oxygens (including phenoxy) is 1. The van der Waals surface area contributed by atoms with E-state index in [1.54, 1.807) is 0 Å². The van der Waals surface area contributed by atoms with Gasteiger partial charge in [0.25, 0.3) is 0 Å². The molecule has 2 nitrogen and oxygen atoms in total. The molecule has 0 aliphatic carbocycles. The number of hydrogen-bond donors (Lipinski definition) is 0. The van der Waals surface area contributed by atoms with E-state index in [0.29, 0.717) is 0 Å². The smallest absolute Gasteiger partial charge is 0.148 e. The maximum Gasteiger partial charge on any atom is 0.148 e. The van der Waals surface area contributed by atoms with Crippen LogP contribution in [0.4, 0.5) is 5.69 Å². The summed E-state index contributed by atoms with van der Waals surface area (Å²) >= 11 is 0. The molecule has 0 amide bonds. The van der Waals surface area contributed by atoms with Crippen LogP contribution >= 0.6 is 0 Å². The lowest BCUT2D eigenvalue weighted by molar-refractivity contribution is -0.0436. The molecule has 1 aliphatic heterocycles. The van der Waals surface area contributed by atoms with Crippen LogP contribution in [-0.4, -0.2) is 6.23 Å². The van der Waals surface area contributed by atoms with Crippen LogP contribution in [0.25, 0.3) is 0 Å². The summed E-state index contributed by atoms with van der Waals surface area (Å²) in [6.45, 7) is 2.07. The van der Waals surface area contributed by atoms with Crippen molar-refractivity contribution >= 4 is 5.69 Å². The van der Waals surface area contributed by atoms with Gasteiger partial charge in [-0.2, -0.15) is 0 Å². The van der Waals surface area contributed by atoms with Gasteiger partial charge < -0.3 is 4.74 Å². The number of para-hydroxylation sites is 1. The van der Waals surface area contributed by atoms with Crippen LogP contribution in [0.2, 0.25) is 0 Å². The summed E-state index contributed by atoms with van der Waals surface area (Å²) < 4.78 is 6.90. The van der Waals surface area contributed by atoms with Gasteiger partial charge in [-0.25, -0.2) is 0 Å². The summed E-state index contributed by atoms with van der Waals surface area (Å²) in [6.07, 6.45) is -0.244. The molecule has 1 aliphatic rings. The van der Waals surface area contributed by atoms with Crippen LogP contribution in [-0.2, 0) is 10.3 Å². The minimum absolute atomic E-state index is 0.244. The average molecular weight is 402 g/mol. The molecule has 0 N–H and O–H groups in total. The van der Waals surface area contributed by atoms with Gasteiger partial charge in [0.05, 0.1) is 5.69 Å². The van der Waals surface area contributed by atoms with Gasteiger partial charge in [-0.05, 0) is 42.2 Å². The Hall–Kier alpha value is -3.80. The highest BCUT2D eigenvalue weighted by atomic mass is 16.5. The predicted octanol–water partition coefficient (Wildman–Crippen LogP) is 6.17. The SMILES string of the molecule is CC1OC(c2ccccc2)(c2ccccc2)c2ccccc2N1C#Cc1ccccc1. The highest BCUT2D eigenvalue weighted by Gasteiger charge is 2.45. The van der Waals surface area contributed by atoms with Crippen molar-refractivity contribution < 1.29 is 4.74 Å². The van der Waals surface area contributed by atoms with Gasteiger partial charge in [0.15, 0.2) is 0 Å². The first-order chi connectivity index (χ1) is 15.3. The van der Waals surface area contributed by atoms with Crippen LogP contribution in [0.5, 0.6) is 0 Å². The second-order valence-corrected chi connectivity index (χ2v) is 7.62. The van der Waals surface area contributed by atoms with Gasteiger partial charge in [-0.1, -0.05) is 97.1 Å². The van der Waals surface area contributed by atoms with Gasteiger partial charge in [0.1, 0.15) is 11.8 Å². The van der Waals surface area contributed by atoms with Crippen LogP contribution in [0.3, 0.4) is 0 Å². The predicted molar refractivity (Wildman–Crippen MR) is 126 cm³/mol. The van der Waals surface area contributed by atoms with Crippen molar-refractivity contribution in [2.75, 3.05) is 4.90 Å². The Morgan fingerprint density at radius 1 is 0.677 bits per heavy atom. The van der Waals surface area contributed by atoms with Crippen molar-refractivity contribution in [3.8, 4) is 12.0 Å². The molecule has 150 valence electrons. The zero-order valence-electron chi connectivity index (χ0n) is 17.4. The van der Waals surface area contributed by atoms with Gasteiger partial charge in [-0.15, -0.1) is 0 Å². The summed E-state index contributed by atoms with van der Waals surface area (Å²) in [5.41, 5.74) is 4.65. The quantitative estimate of drug-likeness (QED) is 0.372. The van der Waals surface area contributed by atoms with E-state index in [0.717, 1.165) is 27.9 Å². The van der Waals surface area contributed by atoms with Gasteiger partial charge >= 0.3 is 0 Å². The van der Waals surface area contributed by atoms with Gasteiger partial charge in [-0.3, -0.25) is 4.90 Å². The average Bonchev–Trinajstić information content (AvgIpc) is 2.85. The molecule has 4 aromatic rings.